The Balaban J connectivity index is 2.18. The number of nitrogens with zero attached hydrogens (tertiary/aromatic N) is 1. The summed E-state index contributed by atoms with van der Waals surface area (Å²) in [4.78, 5) is 24.3. The third-order valence-corrected chi connectivity index (χ3v) is 2.29. The minimum atomic E-state index is -0.167. The fourth-order valence-corrected chi connectivity index (χ4v) is 1.15. The molecule has 92 valence electrons. The van der Waals surface area contributed by atoms with Gasteiger partial charge in [-0.25, -0.2) is 0 Å². The van der Waals surface area contributed by atoms with Crippen molar-refractivity contribution in [3.8, 4) is 0 Å². The Labute approximate surface area is 96.1 Å². The van der Waals surface area contributed by atoms with E-state index >= 15 is 0 Å². The fourth-order valence-electron chi connectivity index (χ4n) is 1.15. The van der Waals surface area contributed by atoms with Crippen molar-refractivity contribution in [2.45, 2.75) is 38.8 Å². The van der Waals surface area contributed by atoms with E-state index in [1.54, 1.807) is 7.05 Å². The van der Waals surface area contributed by atoms with Gasteiger partial charge in [-0.2, -0.15) is 0 Å². The van der Waals surface area contributed by atoms with E-state index in [9.17, 15) is 9.59 Å². The molecule has 0 spiro atoms. The van der Waals surface area contributed by atoms with Gasteiger partial charge in [0.2, 0.25) is 11.8 Å². The molecule has 1 rings (SSSR count). The van der Waals surface area contributed by atoms with Crippen LogP contribution in [0.15, 0.2) is 0 Å². The normalized spacial score (nSPS) is 15.0. The van der Waals surface area contributed by atoms with Crippen LogP contribution in [0.25, 0.3) is 0 Å². The Hall–Kier alpha value is -1.10. The smallest absolute Gasteiger partial charge is 0.248 e. The lowest BCUT2D eigenvalue weighted by atomic mass is 10.4. The number of hydrogen-bond acceptors (Lipinski definition) is 3. The lowest BCUT2D eigenvalue weighted by Crippen LogP contribution is -2.40. The van der Waals surface area contributed by atoms with E-state index in [1.807, 2.05) is 13.8 Å². The number of carbonyl (C=O) groups is 2. The number of hydrogen-bond donors (Lipinski definition) is 1. The maximum atomic E-state index is 11.5. The van der Waals surface area contributed by atoms with Gasteiger partial charge in [0, 0.05) is 13.1 Å². The van der Waals surface area contributed by atoms with Gasteiger partial charge in [0.05, 0.1) is 12.6 Å². The van der Waals surface area contributed by atoms with Gasteiger partial charge >= 0.3 is 0 Å². The van der Waals surface area contributed by atoms with Crippen LogP contribution in [-0.2, 0) is 14.3 Å². The first-order valence-corrected chi connectivity index (χ1v) is 5.64. The van der Waals surface area contributed by atoms with E-state index in [1.165, 1.54) is 4.90 Å². The molecule has 0 bridgehead atoms. The summed E-state index contributed by atoms with van der Waals surface area (Å²) in [7, 11) is 1.61. The van der Waals surface area contributed by atoms with Crippen LogP contribution in [0, 0.1) is 0 Å². The molecule has 1 fully saturated rings. The molecule has 5 heteroatoms. The van der Waals surface area contributed by atoms with Crippen LogP contribution in [0.2, 0.25) is 0 Å². The molecule has 5 nitrogen and oxygen atoms in total. The Morgan fingerprint density at radius 2 is 2.06 bits per heavy atom. The zero-order chi connectivity index (χ0) is 12.1. The van der Waals surface area contributed by atoms with Crippen LogP contribution >= 0.6 is 0 Å². The summed E-state index contributed by atoms with van der Waals surface area (Å²) in [6.07, 6.45) is 2.14. The number of amides is 2. The lowest BCUT2D eigenvalue weighted by Gasteiger charge is -2.17. The monoisotopic (exact) mass is 228 g/mol. The van der Waals surface area contributed by atoms with Crippen LogP contribution in [0.4, 0.5) is 0 Å². The van der Waals surface area contributed by atoms with Gasteiger partial charge in [0.25, 0.3) is 0 Å². The number of rotatable bonds is 6. The first-order valence-electron chi connectivity index (χ1n) is 5.64. The zero-order valence-electron chi connectivity index (χ0n) is 10.2. The predicted octanol–water partition coefficient (Wildman–Crippen LogP) is 0.148. The number of ether oxygens (including phenoxy) is 1. The van der Waals surface area contributed by atoms with Gasteiger partial charge in [0.1, 0.15) is 6.61 Å². The highest BCUT2D eigenvalue weighted by Crippen LogP contribution is 2.18. The van der Waals surface area contributed by atoms with Gasteiger partial charge in [-0.3, -0.25) is 9.59 Å². The van der Waals surface area contributed by atoms with Crippen molar-refractivity contribution in [1.29, 1.82) is 0 Å². The van der Waals surface area contributed by atoms with Gasteiger partial charge < -0.3 is 15.0 Å². The van der Waals surface area contributed by atoms with Gasteiger partial charge in [-0.1, -0.05) is 0 Å². The molecule has 0 atom stereocenters. The molecule has 1 aliphatic rings. The molecule has 0 radical (unpaired) electrons. The number of likely N-dealkylation sites (N-methyl/N-ethyl adjacent to an activating group) is 1. The van der Waals surface area contributed by atoms with Gasteiger partial charge in [0.15, 0.2) is 0 Å². The van der Waals surface area contributed by atoms with Crippen LogP contribution in [0.3, 0.4) is 0 Å². The van der Waals surface area contributed by atoms with Crippen LogP contribution in [-0.4, -0.2) is 49.1 Å². The van der Waals surface area contributed by atoms with Crippen molar-refractivity contribution in [3.63, 3.8) is 0 Å². The summed E-state index contributed by atoms with van der Waals surface area (Å²) in [6.45, 7) is 3.88. The first-order chi connectivity index (χ1) is 7.49. The summed E-state index contributed by atoms with van der Waals surface area (Å²) in [6, 6.07) is 0.336. The molecule has 0 aliphatic heterocycles. The van der Waals surface area contributed by atoms with E-state index in [2.05, 4.69) is 5.32 Å². The summed E-state index contributed by atoms with van der Waals surface area (Å²) in [5.74, 6) is -0.262. The van der Waals surface area contributed by atoms with Crippen LogP contribution < -0.4 is 5.32 Å². The SMILES string of the molecule is CC(C)OCC(=O)N(C)CC(=O)NC1CC1. The zero-order valence-corrected chi connectivity index (χ0v) is 10.2. The predicted molar refractivity (Wildman–Crippen MR) is 59.9 cm³/mol. The molecule has 1 N–H and O–H groups in total. The summed E-state index contributed by atoms with van der Waals surface area (Å²) in [5, 5.41) is 2.83. The molecule has 2 amide bonds. The van der Waals surface area contributed by atoms with Crippen molar-refractivity contribution in [2.75, 3.05) is 20.2 Å². The highest BCUT2D eigenvalue weighted by atomic mass is 16.5. The molecule has 0 saturated heterocycles. The Kier molecular flexibility index (Phi) is 4.73. The molecular weight excluding hydrogens is 208 g/mol. The summed E-state index contributed by atoms with van der Waals surface area (Å²) in [5.41, 5.74) is 0. The Bertz CT molecular complexity index is 262. The van der Waals surface area contributed by atoms with Crippen LogP contribution in [0.5, 0.6) is 0 Å². The minimum Gasteiger partial charge on any atom is -0.369 e. The van der Waals surface area contributed by atoms with Crippen molar-refractivity contribution in [1.82, 2.24) is 10.2 Å². The average Bonchev–Trinajstić information content (AvgIpc) is 2.97. The number of carbonyl (C=O) groups excluding carboxylic acids is 2. The third-order valence-electron chi connectivity index (χ3n) is 2.29. The average molecular weight is 228 g/mol. The summed E-state index contributed by atoms with van der Waals surface area (Å²) < 4.78 is 5.18. The van der Waals surface area contributed by atoms with Crippen molar-refractivity contribution in [3.05, 3.63) is 0 Å². The summed E-state index contributed by atoms with van der Waals surface area (Å²) >= 11 is 0. The first kappa shape index (κ1) is 13.0. The Morgan fingerprint density at radius 3 is 2.56 bits per heavy atom. The van der Waals surface area contributed by atoms with Crippen LogP contribution in [0.1, 0.15) is 26.7 Å². The molecule has 0 aromatic heterocycles. The van der Waals surface area contributed by atoms with Crippen molar-refractivity contribution >= 4 is 11.8 Å². The number of nitrogens with one attached hydrogen (secondary N) is 1. The topological polar surface area (TPSA) is 58.6 Å². The third kappa shape index (κ3) is 5.11. The van der Waals surface area contributed by atoms with E-state index in [4.69, 9.17) is 4.74 Å². The fraction of sp³-hybridized carbons (Fsp3) is 0.818. The maximum Gasteiger partial charge on any atom is 0.248 e. The van der Waals surface area contributed by atoms with E-state index in [-0.39, 0.29) is 31.1 Å². The highest BCUT2D eigenvalue weighted by Gasteiger charge is 2.24. The lowest BCUT2D eigenvalue weighted by molar-refractivity contribution is -0.139. The second kappa shape index (κ2) is 5.84. The molecule has 1 saturated carbocycles. The second-order valence-corrected chi connectivity index (χ2v) is 4.45. The van der Waals surface area contributed by atoms with Crippen molar-refractivity contribution < 1.29 is 14.3 Å². The highest BCUT2D eigenvalue weighted by molar-refractivity contribution is 5.85. The van der Waals surface area contributed by atoms with E-state index < -0.39 is 0 Å². The molecule has 16 heavy (non-hydrogen) atoms. The molecular formula is C11H20N2O3. The van der Waals surface area contributed by atoms with Gasteiger partial charge in [-0.05, 0) is 26.7 Å². The quantitative estimate of drug-likeness (QED) is 0.704. The molecule has 0 heterocycles. The molecule has 0 aromatic rings. The molecule has 1 aliphatic carbocycles. The maximum absolute atomic E-state index is 11.5. The second-order valence-electron chi connectivity index (χ2n) is 4.45. The minimum absolute atomic E-state index is 0.0256. The molecule has 0 aromatic carbocycles. The van der Waals surface area contributed by atoms with E-state index in [0.717, 1.165) is 12.8 Å². The van der Waals surface area contributed by atoms with E-state index in [0.29, 0.717) is 6.04 Å². The standard InChI is InChI=1S/C11H20N2O3/c1-8(2)16-7-11(15)13(3)6-10(14)12-9-4-5-9/h8-9H,4-7H2,1-3H3,(H,12,14). The van der Waals surface area contributed by atoms with Gasteiger partial charge in [-0.15, -0.1) is 0 Å². The van der Waals surface area contributed by atoms with Crippen molar-refractivity contribution in [2.24, 2.45) is 0 Å². The molecule has 0 unspecified atom stereocenters. The largest absolute Gasteiger partial charge is 0.369 e. The Morgan fingerprint density at radius 1 is 1.44 bits per heavy atom.